The number of nitrogens with one attached hydrogen (secondary N) is 1. The standard InChI is InChI=1S/C18H16ClN3O3/c1-11(20-17(23)13-4-3-5-15(10-13)24-2)18-21-16(22-25-18)12-6-8-14(19)9-7-12/h3-11H,1-2H3,(H,20,23)/t11-/m1/s1. The fourth-order valence-electron chi connectivity index (χ4n) is 2.23. The van der Waals surface area contributed by atoms with Gasteiger partial charge in [0.25, 0.3) is 5.91 Å². The van der Waals surface area contributed by atoms with Crippen LogP contribution in [0.3, 0.4) is 0 Å². The van der Waals surface area contributed by atoms with Gasteiger partial charge in [0.2, 0.25) is 11.7 Å². The van der Waals surface area contributed by atoms with E-state index in [1.807, 2.05) is 0 Å². The zero-order chi connectivity index (χ0) is 17.8. The molecule has 0 fully saturated rings. The minimum absolute atomic E-state index is 0.252. The number of carbonyl (C=O) groups is 1. The largest absolute Gasteiger partial charge is 0.497 e. The van der Waals surface area contributed by atoms with Crippen molar-refractivity contribution in [3.63, 3.8) is 0 Å². The number of benzene rings is 2. The number of methoxy groups -OCH3 is 1. The first-order valence-corrected chi connectivity index (χ1v) is 7.99. The molecule has 0 radical (unpaired) electrons. The molecule has 25 heavy (non-hydrogen) atoms. The van der Waals surface area contributed by atoms with Crippen molar-refractivity contribution in [2.24, 2.45) is 0 Å². The van der Waals surface area contributed by atoms with Crippen LogP contribution in [0.15, 0.2) is 53.1 Å². The molecule has 0 aliphatic rings. The highest BCUT2D eigenvalue weighted by atomic mass is 35.5. The molecule has 0 unspecified atom stereocenters. The van der Waals surface area contributed by atoms with Crippen molar-refractivity contribution in [2.75, 3.05) is 7.11 Å². The van der Waals surface area contributed by atoms with Gasteiger partial charge in [-0.1, -0.05) is 22.8 Å². The van der Waals surface area contributed by atoms with Crippen LogP contribution in [0.4, 0.5) is 0 Å². The zero-order valence-electron chi connectivity index (χ0n) is 13.7. The summed E-state index contributed by atoms with van der Waals surface area (Å²) < 4.78 is 10.4. The molecular weight excluding hydrogens is 342 g/mol. The van der Waals surface area contributed by atoms with Gasteiger partial charge in [0.05, 0.1) is 7.11 Å². The molecule has 0 spiro atoms. The van der Waals surface area contributed by atoms with Crippen LogP contribution in [-0.2, 0) is 0 Å². The van der Waals surface area contributed by atoms with E-state index in [0.29, 0.717) is 28.1 Å². The Kier molecular flexibility index (Phi) is 5.00. The van der Waals surface area contributed by atoms with Gasteiger partial charge in [0.15, 0.2) is 0 Å². The average molecular weight is 358 g/mol. The lowest BCUT2D eigenvalue weighted by atomic mass is 10.2. The maximum Gasteiger partial charge on any atom is 0.252 e. The Morgan fingerprint density at radius 1 is 1.24 bits per heavy atom. The Balaban J connectivity index is 1.72. The average Bonchev–Trinajstić information content (AvgIpc) is 3.12. The molecule has 2 aromatic carbocycles. The van der Waals surface area contributed by atoms with Gasteiger partial charge in [-0.2, -0.15) is 4.98 Å². The van der Waals surface area contributed by atoms with E-state index in [2.05, 4.69) is 15.5 Å². The molecule has 0 bridgehead atoms. The van der Waals surface area contributed by atoms with Gasteiger partial charge in [0, 0.05) is 16.1 Å². The number of ether oxygens (including phenoxy) is 1. The van der Waals surface area contributed by atoms with Crippen LogP contribution in [-0.4, -0.2) is 23.2 Å². The first kappa shape index (κ1) is 17.0. The summed E-state index contributed by atoms with van der Waals surface area (Å²) in [5.41, 5.74) is 1.27. The predicted octanol–water partition coefficient (Wildman–Crippen LogP) is 3.89. The number of rotatable bonds is 5. The molecular formula is C18H16ClN3O3. The highest BCUT2D eigenvalue weighted by molar-refractivity contribution is 6.30. The van der Waals surface area contributed by atoms with E-state index in [9.17, 15) is 4.79 Å². The molecule has 0 saturated carbocycles. The third kappa shape index (κ3) is 3.97. The quantitative estimate of drug-likeness (QED) is 0.749. The monoisotopic (exact) mass is 357 g/mol. The summed E-state index contributed by atoms with van der Waals surface area (Å²) in [6.07, 6.45) is 0. The second-order valence-electron chi connectivity index (χ2n) is 5.39. The second kappa shape index (κ2) is 7.36. The Morgan fingerprint density at radius 2 is 2.00 bits per heavy atom. The maximum absolute atomic E-state index is 12.3. The zero-order valence-corrected chi connectivity index (χ0v) is 14.4. The first-order chi connectivity index (χ1) is 12.1. The van der Waals surface area contributed by atoms with E-state index >= 15 is 0 Å². The molecule has 0 aliphatic carbocycles. The lowest BCUT2D eigenvalue weighted by Gasteiger charge is -2.10. The highest BCUT2D eigenvalue weighted by Gasteiger charge is 2.18. The van der Waals surface area contributed by atoms with E-state index in [1.54, 1.807) is 62.6 Å². The van der Waals surface area contributed by atoms with Crippen molar-refractivity contribution in [3.8, 4) is 17.1 Å². The molecule has 1 atom stereocenters. The highest BCUT2D eigenvalue weighted by Crippen LogP contribution is 2.21. The van der Waals surface area contributed by atoms with Crippen LogP contribution in [0.5, 0.6) is 5.75 Å². The summed E-state index contributed by atoms with van der Waals surface area (Å²) in [5.74, 6) is 1.12. The molecule has 1 amide bonds. The van der Waals surface area contributed by atoms with Crippen molar-refractivity contribution < 1.29 is 14.1 Å². The summed E-state index contributed by atoms with van der Waals surface area (Å²) in [6, 6.07) is 13.6. The van der Waals surface area contributed by atoms with Gasteiger partial charge >= 0.3 is 0 Å². The van der Waals surface area contributed by atoms with Gasteiger partial charge in [-0.3, -0.25) is 4.79 Å². The molecule has 3 aromatic rings. The molecule has 7 heteroatoms. The number of halogens is 1. The van der Waals surface area contributed by atoms with Crippen LogP contribution in [0.2, 0.25) is 5.02 Å². The Morgan fingerprint density at radius 3 is 2.72 bits per heavy atom. The van der Waals surface area contributed by atoms with E-state index in [1.165, 1.54) is 0 Å². The second-order valence-corrected chi connectivity index (χ2v) is 5.83. The van der Waals surface area contributed by atoms with Gasteiger partial charge in [-0.05, 0) is 49.4 Å². The molecule has 0 aliphatic heterocycles. The topological polar surface area (TPSA) is 77.2 Å². The van der Waals surface area contributed by atoms with Crippen molar-refractivity contribution in [3.05, 3.63) is 65.0 Å². The third-order valence-electron chi connectivity index (χ3n) is 3.59. The number of aromatic nitrogens is 2. The lowest BCUT2D eigenvalue weighted by molar-refractivity contribution is 0.0932. The number of hydrogen-bond acceptors (Lipinski definition) is 5. The normalized spacial score (nSPS) is 11.8. The fraction of sp³-hybridized carbons (Fsp3) is 0.167. The summed E-state index contributed by atoms with van der Waals surface area (Å²) in [4.78, 5) is 16.7. The molecule has 6 nitrogen and oxygen atoms in total. The van der Waals surface area contributed by atoms with Crippen molar-refractivity contribution >= 4 is 17.5 Å². The summed E-state index contributed by atoms with van der Waals surface area (Å²) in [5, 5.41) is 7.40. The molecule has 128 valence electrons. The third-order valence-corrected chi connectivity index (χ3v) is 3.85. The van der Waals surface area contributed by atoms with Gasteiger partial charge in [-0.25, -0.2) is 0 Å². The molecule has 1 aromatic heterocycles. The van der Waals surface area contributed by atoms with Crippen molar-refractivity contribution in [2.45, 2.75) is 13.0 Å². The molecule has 1 N–H and O–H groups in total. The molecule has 0 saturated heterocycles. The smallest absolute Gasteiger partial charge is 0.252 e. The van der Waals surface area contributed by atoms with Crippen LogP contribution >= 0.6 is 11.6 Å². The van der Waals surface area contributed by atoms with Crippen molar-refractivity contribution in [1.29, 1.82) is 0 Å². The molecule has 1 heterocycles. The van der Waals surface area contributed by atoms with Crippen LogP contribution < -0.4 is 10.1 Å². The Hall–Kier alpha value is -2.86. The van der Waals surface area contributed by atoms with E-state index < -0.39 is 6.04 Å². The Labute approximate surface area is 149 Å². The van der Waals surface area contributed by atoms with Crippen LogP contribution in [0.25, 0.3) is 11.4 Å². The van der Waals surface area contributed by atoms with Crippen LogP contribution in [0.1, 0.15) is 29.2 Å². The SMILES string of the molecule is COc1cccc(C(=O)N[C@H](C)c2nc(-c3ccc(Cl)cc3)no2)c1. The van der Waals surface area contributed by atoms with Gasteiger partial charge in [-0.15, -0.1) is 0 Å². The Bertz CT molecular complexity index is 877. The fourth-order valence-corrected chi connectivity index (χ4v) is 2.36. The van der Waals surface area contributed by atoms with E-state index in [4.69, 9.17) is 20.9 Å². The number of nitrogens with zero attached hydrogens (tertiary/aromatic N) is 2. The number of carbonyl (C=O) groups excluding carboxylic acids is 1. The van der Waals surface area contributed by atoms with Gasteiger partial charge < -0.3 is 14.6 Å². The number of hydrogen-bond donors (Lipinski definition) is 1. The summed E-state index contributed by atoms with van der Waals surface area (Å²) in [7, 11) is 1.55. The lowest BCUT2D eigenvalue weighted by Crippen LogP contribution is -2.26. The van der Waals surface area contributed by atoms with Crippen molar-refractivity contribution in [1.82, 2.24) is 15.5 Å². The van der Waals surface area contributed by atoms with E-state index in [-0.39, 0.29) is 5.91 Å². The minimum atomic E-state index is -0.438. The predicted molar refractivity (Wildman–Crippen MR) is 93.6 cm³/mol. The van der Waals surface area contributed by atoms with Gasteiger partial charge in [0.1, 0.15) is 11.8 Å². The summed E-state index contributed by atoms with van der Waals surface area (Å²) >= 11 is 5.87. The van der Waals surface area contributed by atoms with Crippen LogP contribution in [0, 0.1) is 0 Å². The number of amides is 1. The maximum atomic E-state index is 12.3. The minimum Gasteiger partial charge on any atom is -0.497 e. The van der Waals surface area contributed by atoms with E-state index in [0.717, 1.165) is 5.56 Å². The first-order valence-electron chi connectivity index (χ1n) is 7.61. The molecule has 3 rings (SSSR count). The summed E-state index contributed by atoms with van der Waals surface area (Å²) in [6.45, 7) is 1.78.